The normalized spacial score (nSPS) is 10.5. The first-order valence-corrected chi connectivity index (χ1v) is 9.45. The molecule has 2 aromatic carbocycles. The van der Waals surface area contributed by atoms with E-state index < -0.39 is 5.56 Å². The largest absolute Gasteiger partial charge is 0.488 e. The number of aromatic amines is 1. The average molecular weight is 464 g/mol. The average Bonchev–Trinajstić information content (AvgIpc) is 2.61. The van der Waals surface area contributed by atoms with Crippen molar-refractivity contribution < 1.29 is 4.74 Å². The van der Waals surface area contributed by atoms with E-state index in [1.165, 1.54) is 0 Å². The van der Waals surface area contributed by atoms with Gasteiger partial charge in [0, 0.05) is 36.9 Å². The molecular formula is C20H13BrCl2N2O2. The zero-order valence-electron chi connectivity index (χ0n) is 14.1. The van der Waals surface area contributed by atoms with Crippen LogP contribution in [0.3, 0.4) is 0 Å². The van der Waals surface area contributed by atoms with Crippen molar-refractivity contribution in [2.75, 3.05) is 0 Å². The lowest BCUT2D eigenvalue weighted by Crippen LogP contribution is -2.13. The van der Waals surface area contributed by atoms with Crippen LogP contribution in [-0.4, -0.2) is 4.98 Å². The Bertz CT molecular complexity index is 1100. The molecule has 0 aliphatic carbocycles. The second-order valence-electron chi connectivity index (χ2n) is 5.81. The number of H-pyrrole nitrogens is 1. The fourth-order valence-electron chi connectivity index (χ4n) is 2.67. The number of nitriles is 1. The first kappa shape index (κ1) is 19.5. The summed E-state index contributed by atoms with van der Waals surface area (Å²) in [6.07, 6.45) is 0. The second-order valence-corrected chi connectivity index (χ2v) is 7.54. The van der Waals surface area contributed by atoms with Crippen molar-refractivity contribution in [3.05, 3.63) is 84.2 Å². The van der Waals surface area contributed by atoms with Gasteiger partial charge in [-0.05, 0) is 43.3 Å². The molecule has 7 heteroatoms. The van der Waals surface area contributed by atoms with Crippen molar-refractivity contribution in [2.45, 2.75) is 13.5 Å². The molecule has 0 saturated heterocycles. The zero-order chi connectivity index (χ0) is 19.6. The summed E-state index contributed by atoms with van der Waals surface area (Å²) in [5.74, 6) is 0.510. The third-order valence-corrected chi connectivity index (χ3v) is 5.15. The van der Waals surface area contributed by atoms with Crippen LogP contribution in [-0.2, 0) is 6.61 Å². The highest BCUT2D eigenvalue weighted by Crippen LogP contribution is 2.35. The number of pyridine rings is 1. The predicted molar refractivity (Wildman–Crippen MR) is 110 cm³/mol. The first-order chi connectivity index (χ1) is 12.9. The Hall–Kier alpha value is -2.26. The van der Waals surface area contributed by atoms with Gasteiger partial charge in [0.05, 0.1) is 0 Å². The lowest BCUT2D eigenvalue weighted by Gasteiger charge is -2.15. The fourth-order valence-corrected chi connectivity index (χ4v) is 3.54. The third-order valence-electron chi connectivity index (χ3n) is 3.95. The summed E-state index contributed by atoms with van der Waals surface area (Å²) in [6.45, 7) is 1.91. The minimum absolute atomic E-state index is 0.0272. The minimum atomic E-state index is -0.437. The van der Waals surface area contributed by atoms with E-state index in [0.717, 1.165) is 4.47 Å². The molecule has 0 spiro atoms. The van der Waals surface area contributed by atoms with Gasteiger partial charge in [-0.1, -0.05) is 45.2 Å². The molecule has 0 aliphatic rings. The van der Waals surface area contributed by atoms with Crippen molar-refractivity contribution in [1.82, 2.24) is 4.98 Å². The molecule has 3 aromatic rings. The van der Waals surface area contributed by atoms with Gasteiger partial charge in [-0.25, -0.2) is 0 Å². The maximum absolute atomic E-state index is 12.2. The number of aryl methyl sites for hydroxylation is 1. The molecular weight excluding hydrogens is 451 g/mol. The van der Waals surface area contributed by atoms with Crippen LogP contribution in [0, 0.1) is 18.3 Å². The van der Waals surface area contributed by atoms with E-state index in [0.29, 0.717) is 38.2 Å². The van der Waals surface area contributed by atoms with E-state index in [4.69, 9.17) is 27.9 Å². The van der Waals surface area contributed by atoms with E-state index in [9.17, 15) is 10.1 Å². The molecule has 0 atom stereocenters. The standard InChI is InChI=1S/C20H13BrCl2N2O2/c1-11-7-13(15(9-24)20(26)25-11)14-8-12(21)5-6-19(14)27-10-16-17(22)3-2-4-18(16)23/h2-8H,10H2,1H3,(H,25,26). The first-order valence-electron chi connectivity index (χ1n) is 7.90. The van der Waals surface area contributed by atoms with Gasteiger partial charge in [-0.3, -0.25) is 4.79 Å². The van der Waals surface area contributed by atoms with Gasteiger partial charge in [-0.15, -0.1) is 0 Å². The Balaban J connectivity index is 2.08. The van der Waals surface area contributed by atoms with Crippen molar-refractivity contribution >= 4 is 39.1 Å². The van der Waals surface area contributed by atoms with Gasteiger partial charge >= 0.3 is 0 Å². The molecule has 0 saturated carbocycles. The maximum atomic E-state index is 12.2. The van der Waals surface area contributed by atoms with Crippen LogP contribution in [0.5, 0.6) is 5.75 Å². The molecule has 0 radical (unpaired) electrons. The van der Waals surface area contributed by atoms with Crippen molar-refractivity contribution in [1.29, 1.82) is 5.26 Å². The Morgan fingerprint density at radius 3 is 2.52 bits per heavy atom. The highest BCUT2D eigenvalue weighted by Gasteiger charge is 2.16. The molecule has 27 heavy (non-hydrogen) atoms. The van der Waals surface area contributed by atoms with Crippen LogP contribution in [0.15, 0.2) is 51.7 Å². The second kappa shape index (κ2) is 8.18. The molecule has 0 amide bonds. The van der Waals surface area contributed by atoms with Crippen LogP contribution >= 0.6 is 39.1 Å². The molecule has 136 valence electrons. The van der Waals surface area contributed by atoms with Crippen molar-refractivity contribution in [2.24, 2.45) is 0 Å². The Morgan fingerprint density at radius 2 is 1.85 bits per heavy atom. The highest BCUT2D eigenvalue weighted by molar-refractivity contribution is 9.10. The quantitative estimate of drug-likeness (QED) is 0.526. The summed E-state index contributed by atoms with van der Waals surface area (Å²) in [5, 5.41) is 10.4. The smallest absolute Gasteiger partial charge is 0.266 e. The summed E-state index contributed by atoms with van der Waals surface area (Å²) in [7, 11) is 0. The number of ether oxygens (including phenoxy) is 1. The number of aromatic nitrogens is 1. The molecule has 1 N–H and O–H groups in total. The Labute approximate surface area is 174 Å². The van der Waals surface area contributed by atoms with Crippen LogP contribution in [0.25, 0.3) is 11.1 Å². The number of hydrogen-bond acceptors (Lipinski definition) is 3. The predicted octanol–water partition coefficient (Wildman–Crippen LogP) is 5.87. The molecule has 0 bridgehead atoms. The van der Waals surface area contributed by atoms with Crippen LogP contribution in [0.4, 0.5) is 0 Å². The molecule has 0 aliphatic heterocycles. The molecule has 0 fully saturated rings. The van der Waals surface area contributed by atoms with Crippen LogP contribution < -0.4 is 10.3 Å². The van der Waals surface area contributed by atoms with Gasteiger partial charge in [0.15, 0.2) is 0 Å². The van der Waals surface area contributed by atoms with Gasteiger partial charge in [0.2, 0.25) is 0 Å². The number of rotatable bonds is 4. The highest BCUT2D eigenvalue weighted by atomic mass is 79.9. The SMILES string of the molecule is Cc1cc(-c2cc(Br)ccc2OCc2c(Cl)cccc2Cl)c(C#N)c(=O)[nH]1. The summed E-state index contributed by atoms with van der Waals surface area (Å²) in [4.78, 5) is 14.8. The van der Waals surface area contributed by atoms with Crippen molar-refractivity contribution in [3.8, 4) is 22.9 Å². The summed E-state index contributed by atoms with van der Waals surface area (Å²) >= 11 is 15.8. The number of hydrogen-bond donors (Lipinski definition) is 1. The fraction of sp³-hybridized carbons (Fsp3) is 0.100. The lowest BCUT2D eigenvalue weighted by atomic mass is 10.00. The summed E-state index contributed by atoms with van der Waals surface area (Å²) < 4.78 is 6.76. The lowest BCUT2D eigenvalue weighted by molar-refractivity contribution is 0.307. The topological polar surface area (TPSA) is 65.9 Å². The van der Waals surface area contributed by atoms with Gasteiger partial charge < -0.3 is 9.72 Å². The summed E-state index contributed by atoms with van der Waals surface area (Å²) in [5.41, 5.74) is 2.02. The van der Waals surface area contributed by atoms with Crippen LogP contribution in [0.2, 0.25) is 10.0 Å². The van der Waals surface area contributed by atoms with E-state index in [2.05, 4.69) is 20.9 Å². The molecule has 1 heterocycles. The zero-order valence-corrected chi connectivity index (χ0v) is 17.2. The maximum Gasteiger partial charge on any atom is 0.266 e. The summed E-state index contributed by atoms with van der Waals surface area (Å²) in [6, 6.07) is 14.3. The van der Waals surface area contributed by atoms with Gasteiger partial charge in [0.25, 0.3) is 5.56 Å². The molecule has 3 rings (SSSR count). The number of nitrogens with zero attached hydrogens (tertiary/aromatic N) is 1. The van der Waals surface area contributed by atoms with Crippen molar-refractivity contribution in [3.63, 3.8) is 0 Å². The minimum Gasteiger partial charge on any atom is -0.488 e. The Kier molecular flexibility index (Phi) is 5.91. The monoisotopic (exact) mass is 462 g/mol. The van der Waals surface area contributed by atoms with Gasteiger partial charge in [-0.2, -0.15) is 5.26 Å². The Morgan fingerprint density at radius 1 is 1.15 bits per heavy atom. The van der Waals surface area contributed by atoms with E-state index >= 15 is 0 Å². The van der Waals surface area contributed by atoms with Gasteiger partial charge in [0.1, 0.15) is 24.0 Å². The molecule has 0 unspecified atom stereocenters. The van der Waals surface area contributed by atoms with Crippen LogP contribution in [0.1, 0.15) is 16.8 Å². The number of halogens is 3. The van der Waals surface area contributed by atoms with E-state index in [-0.39, 0.29) is 12.2 Å². The van der Waals surface area contributed by atoms with E-state index in [1.807, 2.05) is 12.1 Å². The molecule has 1 aromatic heterocycles. The third kappa shape index (κ3) is 4.19. The number of nitrogens with one attached hydrogen (secondary N) is 1. The molecule has 4 nitrogen and oxygen atoms in total. The van der Waals surface area contributed by atoms with E-state index in [1.54, 1.807) is 43.3 Å². The number of benzene rings is 2.